The minimum Gasteiger partial charge on any atom is -0.448 e. The predicted octanol–water partition coefficient (Wildman–Crippen LogP) is 3.04. The molecule has 98 valence electrons. The summed E-state index contributed by atoms with van der Waals surface area (Å²) in [7, 11) is 0. The first-order valence-electron chi connectivity index (χ1n) is 5.26. The van der Waals surface area contributed by atoms with Gasteiger partial charge in [-0.1, -0.05) is 6.07 Å². The Balaban J connectivity index is 2.36. The lowest BCUT2D eigenvalue weighted by molar-refractivity contribution is -0.385. The summed E-state index contributed by atoms with van der Waals surface area (Å²) in [6, 6.07) is 5.94. The molecular formula is C12H9BrN2O4. The molecule has 0 radical (unpaired) electrons. The first kappa shape index (κ1) is 13.4. The summed E-state index contributed by atoms with van der Waals surface area (Å²) in [5.74, 6) is 0.483. The van der Waals surface area contributed by atoms with Crippen molar-refractivity contribution in [1.29, 1.82) is 0 Å². The van der Waals surface area contributed by atoms with Crippen LogP contribution in [0.5, 0.6) is 11.5 Å². The molecule has 1 heterocycles. The van der Waals surface area contributed by atoms with Crippen LogP contribution >= 0.6 is 15.9 Å². The van der Waals surface area contributed by atoms with Crippen LogP contribution in [-0.4, -0.2) is 15.0 Å². The number of aliphatic hydroxyl groups excluding tert-OH is 1. The van der Waals surface area contributed by atoms with Crippen LogP contribution in [0.4, 0.5) is 5.69 Å². The van der Waals surface area contributed by atoms with Crippen molar-refractivity contribution in [2.45, 2.75) is 6.61 Å². The molecule has 0 aliphatic heterocycles. The molecule has 6 nitrogen and oxygen atoms in total. The normalized spacial score (nSPS) is 10.2. The van der Waals surface area contributed by atoms with Crippen LogP contribution in [0, 0.1) is 10.1 Å². The Labute approximate surface area is 117 Å². The molecule has 0 saturated carbocycles. The number of halogens is 1. The fourth-order valence-electron chi connectivity index (χ4n) is 1.47. The minimum atomic E-state index is -0.556. The van der Waals surface area contributed by atoms with Crippen molar-refractivity contribution in [3.05, 3.63) is 56.8 Å². The lowest BCUT2D eigenvalue weighted by atomic mass is 10.2. The average Bonchev–Trinajstić information content (AvgIpc) is 2.39. The molecule has 0 amide bonds. The Bertz CT molecular complexity index is 618. The van der Waals surface area contributed by atoms with Crippen LogP contribution in [0.15, 0.2) is 41.1 Å². The number of pyridine rings is 1. The van der Waals surface area contributed by atoms with Crippen LogP contribution < -0.4 is 4.74 Å². The highest BCUT2D eigenvalue weighted by Crippen LogP contribution is 2.32. The van der Waals surface area contributed by atoms with E-state index in [2.05, 4.69) is 20.9 Å². The van der Waals surface area contributed by atoms with Crippen LogP contribution in [0.25, 0.3) is 0 Å². The monoisotopic (exact) mass is 324 g/mol. The summed E-state index contributed by atoms with van der Waals surface area (Å²) in [6.07, 6.45) is 3.03. The molecule has 0 saturated heterocycles. The molecule has 0 aliphatic carbocycles. The number of rotatable bonds is 4. The van der Waals surface area contributed by atoms with Gasteiger partial charge >= 0.3 is 5.69 Å². The second-order valence-electron chi connectivity index (χ2n) is 3.66. The molecule has 0 aliphatic rings. The maximum absolute atomic E-state index is 11.0. The molecule has 1 aromatic heterocycles. The van der Waals surface area contributed by atoms with E-state index in [1.165, 1.54) is 18.3 Å². The Morgan fingerprint density at radius 2 is 2.16 bits per heavy atom. The fraction of sp³-hybridized carbons (Fsp3) is 0.0833. The lowest BCUT2D eigenvalue weighted by Gasteiger charge is -2.07. The van der Waals surface area contributed by atoms with Gasteiger partial charge in [0.05, 0.1) is 17.7 Å². The number of nitrogens with zero attached hydrogens (tertiary/aromatic N) is 2. The van der Waals surface area contributed by atoms with E-state index in [1.807, 2.05) is 0 Å². The topological polar surface area (TPSA) is 85.5 Å². The third-order valence-electron chi connectivity index (χ3n) is 2.31. The first-order chi connectivity index (χ1) is 9.10. The summed E-state index contributed by atoms with van der Waals surface area (Å²) in [5, 5.41) is 19.9. The average molecular weight is 325 g/mol. The standard InChI is InChI=1S/C12H9BrN2O4/c13-9-4-10(6-14-5-9)19-12-2-1-8(7-16)3-11(12)15(17)18/h1-6,16H,7H2. The molecular weight excluding hydrogens is 316 g/mol. The van der Waals surface area contributed by atoms with Gasteiger partial charge in [0, 0.05) is 16.7 Å². The molecule has 1 N–H and O–H groups in total. The SMILES string of the molecule is O=[N+]([O-])c1cc(CO)ccc1Oc1cncc(Br)c1. The molecule has 1 aromatic carbocycles. The molecule has 2 aromatic rings. The molecule has 0 spiro atoms. The van der Waals surface area contributed by atoms with Crippen molar-refractivity contribution in [2.75, 3.05) is 0 Å². The van der Waals surface area contributed by atoms with Gasteiger partial charge in [-0.3, -0.25) is 15.1 Å². The van der Waals surface area contributed by atoms with Crippen molar-refractivity contribution in [3.8, 4) is 11.5 Å². The smallest absolute Gasteiger partial charge is 0.311 e. The highest BCUT2D eigenvalue weighted by molar-refractivity contribution is 9.10. The van der Waals surface area contributed by atoms with Crippen molar-refractivity contribution < 1.29 is 14.8 Å². The number of aliphatic hydroxyl groups is 1. The highest BCUT2D eigenvalue weighted by atomic mass is 79.9. The Hall–Kier alpha value is -1.99. The van der Waals surface area contributed by atoms with Crippen LogP contribution in [0.3, 0.4) is 0 Å². The van der Waals surface area contributed by atoms with Gasteiger partial charge < -0.3 is 9.84 Å². The Morgan fingerprint density at radius 1 is 1.37 bits per heavy atom. The lowest BCUT2D eigenvalue weighted by Crippen LogP contribution is -1.95. The van der Waals surface area contributed by atoms with Gasteiger partial charge in [0.25, 0.3) is 0 Å². The molecule has 19 heavy (non-hydrogen) atoms. The van der Waals surface area contributed by atoms with E-state index < -0.39 is 4.92 Å². The highest BCUT2D eigenvalue weighted by Gasteiger charge is 2.16. The second kappa shape index (κ2) is 5.77. The fourth-order valence-corrected chi connectivity index (χ4v) is 1.81. The summed E-state index contributed by atoms with van der Waals surface area (Å²) in [5.41, 5.74) is 0.248. The molecule has 0 atom stereocenters. The maximum atomic E-state index is 11.0. The van der Waals surface area contributed by atoms with Gasteiger partial charge in [0.2, 0.25) is 5.75 Å². The zero-order chi connectivity index (χ0) is 13.8. The van der Waals surface area contributed by atoms with Gasteiger partial charge in [0.1, 0.15) is 5.75 Å². The van der Waals surface area contributed by atoms with E-state index in [1.54, 1.807) is 18.3 Å². The largest absolute Gasteiger partial charge is 0.448 e. The van der Waals surface area contributed by atoms with Gasteiger partial charge in [-0.25, -0.2) is 0 Å². The first-order valence-corrected chi connectivity index (χ1v) is 6.06. The number of nitro groups is 1. The summed E-state index contributed by atoms with van der Waals surface area (Å²) < 4.78 is 6.14. The summed E-state index contributed by atoms with van der Waals surface area (Å²) >= 11 is 3.24. The van der Waals surface area contributed by atoms with Crippen LogP contribution in [-0.2, 0) is 6.61 Å². The van der Waals surface area contributed by atoms with Crippen molar-refractivity contribution in [2.24, 2.45) is 0 Å². The molecule has 7 heteroatoms. The van der Waals surface area contributed by atoms with Crippen LogP contribution in [0.2, 0.25) is 0 Å². The molecule has 0 fully saturated rings. The van der Waals surface area contributed by atoms with Gasteiger partial charge in [-0.2, -0.15) is 0 Å². The summed E-state index contributed by atoms with van der Waals surface area (Å²) in [6.45, 7) is -0.264. The van der Waals surface area contributed by atoms with E-state index in [9.17, 15) is 10.1 Å². The number of hydrogen-bond acceptors (Lipinski definition) is 5. The Morgan fingerprint density at radius 3 is 2.79 bits per heavy atom. The van der Waals surface area contributed by atoms with Gasteiger partial charge in [-0.05, 0) is 33.6 Å². The third kappa shape index (κ3) is 3.27. The number of nitro benzene ring substituents is 1. The van der Waals surface area contributed by atoms with Gasteiger partial charge in [-0.15, -0.1) is 0 Å². The van der Waals surface area contributed by atoms with E-state index in [0.29, 0.717) is 15.8 Å². The number of benzene rings is 1. The van der Waals surface area contributed by atoms with E-state index in [0.717, 1.165) is 0 Å². The zero-order valence-electron chi connectivity index (χ0n) is 9.62. The van der Waals surface area contributed by atoms with Crippen molar-refractivity contribution in [1.82, 2.24) is 4.98 Å². The van der Waals surface area contributed by atoms with Gasteiger partial charge in [0.15, 0.2) is 0 Å². The van der Waals surface area contributed by atoms with Crippen molar-refractivity contribution >= 4 is 21.6 Å². The third-order valence-corrected chi connectivity index (χ3v) is 2.74. The number of hydrogen-bond donors (Lipinski definition) is 1. The molecule has 0 bridgehead atoms. The van der Waals surface area contributed by atoms with E-state index in [4.69, 9.17) is 9.84 Å². The summed E-state index contributed by atoms with van der Waals surface area (Å²) in [4.78, 5) is 14.3. The quantitative estimate of drug-likeness (QED) is 0.690. The predicted molar refractivity (Wildman–Crippen MR) is 71.0 cm³/mol. The zero-order valence-corrected chi connectivity index (χ0v) is 11.2. The Kier molecular flexibility index (Phi) is 4.08. The minimum absolute atomic E-state index is 0.0992. The maximum Gasteiger partial charge on any atom is 0.311 e. The molecule has 2 rings (SSSR count). The van der Waals surface area contributed by atoms with Crippen molar-refractivity contribution in [3.63, 3.8) is 0 Å². The van der Waals surface area contributed by atoms with Crippen LogP contribution in [0.1, 0.15) is 5.56 Å². The molecule has 0 unspecified atom stereocenters. The second-order valence-corrected chi connectivity index (χ2v) is 4.57. The van der Waals surface area contributed by atoms with E-state index >= 15 is 0 Å². The number of ether oxygens (including phenoxy) is 1. The van der Waals surface area contributed by atoms with E-state index in [-0.39, 0.29) is 18.0 Å². The number of aromatic nitrogens is 1.